The van der Waals surface area contributed by atoms with Gasteiger partial charge in [0.2, 0.25) is 5.91 Å². The summed E-state index contributed by atoms with van der Waals surface area (Å²) in [6, 6.07) is 26.3. The predicted octanol–water partition coefficient (Wildman–Crippen LogP) is 5.83. The van der Waals surface area contributed by atoms with E-state index in [4.69, 9.17) is 14.6 Å². The van der Waals surface area contributed by atoms with Crippen molar-refractivity contribution >= 4 is 17.6 Å². The Bertz CT molecular complexity index is 1390. The lowest BCUT2D eigenvalue weighted by atomic mass is 10.1. The van der Waals surface area contributed by atoms with Gasteiger partial charge in [-0.2, -0.15) is 5.10 Å². The summed E-state index contributed by atoms with van der Waals surface area (Å²) in [7, 11) is 3.07. The highest BCUT2D eigenvalue weighted by molar-refractivity contribution is 6.01. The molecule has 0 bridgehead atoms. The highest BCUT2D eigenvalue weighted by Crippen LogP contribution is 2.27. The van der Waals surface area contributed by atoms with Gasteiger partial charge in [0, 0.05) is 24.2 Å². The SMILES string of the molecule is CCCCCN(CC(=O)Nc1cc(-c2ccccc2)nn1-c1ccccc1)C(=O)c1ccc(OC)cc1OC. The van der Waals surface area contributed by atoms with Crippen molar-refractivity contribution in [2.45, 2.75) is 26.2 Å². The molecule has 0 atom stereocenters. The van der Waals surface area contributed by atoms with E-state index in [0.29, 0.717) is 29.4 Å². The topological polar surface area (TPSA) is 85.7 Å². The molecule has 2 amide bonds. The zero-order valence-electron chi connectivity index (χ0n) is 22.6. The summed E-state index contributed by atoms with van der Waals surface area (Å²) in [6.45, 7) is 2.43. The Kier molecular flexibility index (Phi) is 9.34. The fourth-order valence-electron chi connectivity index (χ4n) is 4.29. The van der Waals surface area contributed by atoms with Crippen LogP contribution < -0.4 is 14.8 Å². The molecule has 8 heteroatoms. The lowest BCUT2D eigenvalue weighted by Gasteiger charge is -2.23. The van der Waals surface area contributed by atoms with Gasteiger partial charge in [-0.1, -0.05) is 68.3 Å². The normalized spacial score (nSPS) is 10.6. The minimum atomic E-state index is -0.316. The van der Waals surface area contributed by atoms with Gasteiger partial charge in [0.1, 0.15) is 23.9 Å². The van der Waals surface area contributed by atoms with E-state index in [-0.39, 0.29) is 18.4 Å². The molecule has 0 unspecified atom stereocenters. The Labute approximate surface area is 229 Å². The molecule has 0 radical (unpaired) electrons. The first-order chi connectivity index (χ1) is 19.0. The van der Waals surface area contributed by atoms with Crippen molar-refractivity contribution in [3.8, 4) is 28.4 Å². The van der Waals surface area contributed by atoms with Gasteiger partial charge in [0.15, 0.2) is 0 Å². The summed E-state index contributed by atoms with van der Waals surface area (Å²) in [5.74, 6) is 0.913. The Morgan fingerprint density at radius 2 is 1.62 bits per heavy atom. The fraction of sp³-hybridized carbons (Fsp3) is 0.258. The molecular weight excluding hydrogens is 492 g/mol. The number of ether oxygens (including phenoxy) is 2. The lowest BCUT2D eigenvalue weighted by molar-refractivity contribution is -0.117. The zero-order chi connectivity index (χ0) is 27.6. The third-order valence-corrected chi connectivity index (χ3v) is 6.34. The average molecular weight is 527 g/mol. The van der Waals surface area contributed by atoms with Crippen LogP contribution in [0, 0.1) is 0 Å². The number of hydrogen-bond donors (Lipinski definition) is 1. The van der Waals surface area contributed by atoms with Crippen LogP contribution in [0.3, 0.4) is 0 Å². The smallest absolute Gasteiger partial charge is 0.258 e. The molecule has 39 heavy (non-hydrogen) atoms. The Balaban J connectivity index is 1.60. The number of aromatic nitrogens is 2. The summed E-state index contributed by atoms with van der Waals surface area (Å²) in [4.78, 5) is 28.5. The molecular formula is C31H34N4O4. The van der Waals surface area contributed by atoms with E-state index in [1.807, 2.05) is 66.7 Å². The van der Waals surface area contributed by atoms with Gasteiger partial charge in [-0.25, -0.2) is 4.68 Å². The number of nitrogens with zero attached hydrogens (tertiary/aromatic N) is 3. The third-order valence-electron chi connectivity index (χ3n) is 6.34. The number of amides is 2. The highest BCUT2D eigenvalue weighted by atomic mass is 16.5. The average Bonchev–Trinajstić information content (AvgIpc) is 3.40. The van der Waals surface area contributed by atoms with Crippen LogP contribution in [0.5, 0.6) is 11.5 Å². The molecule has 3 aromatic carbocycles. The van der Waals surface area contributed by atoms with Crippen LogP contribution in [0.4, 0.5) is 5.82 Å². The van der Waals surface area contributed by atoms with Gasteiger partial charge >= 0.3 is 0 Å². The molecule has 4 aromatic rings. The summed E-state index contributed by atoms with van der Waals surface area (Å²) in [5, 5.41) is 7.75. The fourth-order valence-corrected chi connectivity index (χ4v) is 4.29. The first-order valence-electron chi connectivity index (χ1n) is 13.1. The number of nitrogens with one attached hydrogen (secondary N) is 1. The molecule has 0 aliphatic rings. The van der Waals surface area contributed by atoms with E-state index in [2.05, 4.69) is 12.2 Å². The summed E-state index contributed by atoms with van der Waals surface area (Å²) in [6.07, 6.45) is 2.74. The number of anilines is 1. The van der Waals surface area contributed by atoms with Crippen molar-refractivity contribution in [2.24, 2.45) is 0 Å². The van der Waals surface area contributed by atoms with E-state index in [0.717, 1.165) is 36.2 Å². The van der Waals surface area contributed by atoms with E-state index < -0.39 is 0 Å². The molecule has 202 valence electrons. The first-order valence-corrected chi connectivity index (χ1v) is 13.1. The van der Waals surface area contributed by atoms with Gasteiger partial charge in [-0.3, -0.25) is 9.59 Å². The number of unbranched alkanes of at least 4 members (excludes halogenated alkanes) is 2. The Morgan fingerprint density at radius 1 is 0.897 bits per heavy atom. The zero-order valence-corrected chi connectivity index (χ0v) is 22.6. The minimum absolute atomic E-state index is 0.113. The summed E-state index contributed by atoms with van der Waals surface area (Å²) < 4.78 is 12.4. The van der Waals surface area contributed by atoms with Crippen LogP contribution in [-0.2, 0) is 4.79 Å². The van der Waals surface area contributed by atoms with Crippen molar-refractivity contribution in [3.05, 3.63) is 90.5 Å². The molecule has 8 nitrogen and oxygen atoms in total. The first kappa shape index (κ1) is 27.4. The van der Waals surface area contributed by atoms with Crippen LogP contribution in [0.15, 0.2) is 84.9 Å². The maximum atomic E-state index is 13.6. The lowest BCUT2D eigenvalue weighted by Crippen LogP contribution is -2.39. The van der Waals surface area contributed by atoms with Gasteiger partial charge in [-0.05, 0) is 30.7 Å². The number of rotatable bonds is 12. The van der Waals surface area contributed by atoms with Crippen LogP contribution in [0.1, 0.15) is 36.5 Å². The van der Waals surface area contributed by atoms with Crippen molar-refractivity contribution in [3.63, 3.8) is 0 Å². The number of methoxy groups -OCH3 is 2. The van der Waals surface area contributed by atoms with E-state index in [1.54, 1.807) is 34.9 Å². The molecule has 0 saturated carbocycles. The summed E-state index contributed by atoms with van der Waals surface area (Å²) in [5.41, 5.74) is 2.86. The van der Waals surface area contributed by atoms with Crippen molar-refractivity contribution in [2.75, 3.05) is 32.6 Å². The molecule has 0 fully saturated rings. The molecule has 0 saturated heterocycles. The molecule has 0 aliphatic carbocycles. The molecule has 0 spiro atoms. The summed E-state index contributed by atoms with van der Waals surface area (Å²) >= 11 is 0. The van der Waals surface area contributed by atoms with Crippen molar-refractivity contribution < 1.29 is 19.1 Å². The van der Waals surface area contributed by atoms with Crippen molar-refractivity contribution in [1.82, 2.24) is 14.7 Å². The van der Waals surface area contributed by atoms with Crippen LogP contribution in [0.2, 0.25) is 0 Å². The molecule has 1 aromatic heterocycles. The van der Waals surface area contributed by atoms with Crippen LogP contribution in [-0.4, -0.2) is 53.8 Å². The van der Waals surface area contributed by atoms with Crippen LogP contribution in [0.25, 0.3) is 16.9 Å². The molecule has 1 N–H and O–H groups in total. The predicted molar refractivity (Wildman–Crippen MR) is 153 cm³/mol. The number of carbonyl (C=O) groups is 2. The van der Waals surface area contributed by atoms with E-state index in [1.165, 1.54) is 7.11 Å². The third kappa shape index (κ3) is 6.84. The second-order valence-corrected chi connectivity index (χ2v) is 9.08. The highest BCUT2D eigenvalue weighted by Gasteiger charge is 2.23. The Hall–Kier alpha value is -4.59. The number of benzene rings is 3. The maximum Gasteiger partial charge on any atom is 0.258 e. The van der Waals surface area contributed by atoms with Gasteiger partial charge < -0.3 is 19.7 Å². The molecule has 4 rings (SSSR count). The van der Waals surface area contributed by atoms with E-state index in [9.17, 15) is 9.59 Å². The largest absolute Gasteiger partial charge is 0.497 e. The van der Waals surface area contributed by atoms with Crippen molar-refractivity contribution in [1.29, 1.82) is 0 Å². The monoisotopic (exact) mass is 526 g/mol. The maximum absolute atomic E-state index is 13.6. The molecule has 1 heterocycles. The number of para-hydroxylation sites is 1. The second-order valence-electron chi connectivity index (χ2n) is 9.08. The van der Waals surface area contributed by atoms with Crippen LogP contribution >= 0.6 is 0 Å². The minimum Gasteiger partial charge on any atom is -0.497 e. The molecule has 0 aliphatic heterocycles. The van der Waals surface area contributed by atoms with Gasteiger partial charge in [0.05, 0.1) is 31.2 Å². The number of hydrogen-bond acceptors (Lipinski definition) is 5. The van der Waals surface area contributed by atoms with Gasteiger partial charge in [-0.15, -0.1) is 0 Å². The van der Waals surface area contributed by atoms with E-state index >= 15 is 0 Å². The second kappa shape index (κ2) is 13.3. The number of carbonyl (C=O) groups excluding carboxylic acids is 2. The quantitative estimate of drug-likeness (QED) is 0.235. The van der Waals surface area contributed by atoms with Gasteiger partial charge in [0.25, 0.3) is 5.91 Å². The Morgan fingerprint density at radius 3 is 2.28 bits per heavy atom. The standard InChI is InChI=1S/C31H34N4O4/c1-4-5-12-19-34(31(37)26-18-17-25(38-2)20-28(26)39-3)22-30(36)32-29-21-27(23-13-8-6-9-14-23)33-35(29)24-15-10-7-11-16-24/h6-11,13-18,20-21H,4-5,12,19,22H2,1-3H3,(H,32,36).